The van der Waals surface area contributed by atoms with Crippen molar-refractivity contribution in [2.24, 2.45) is 0 Å². The number of ether oxygens (including phenoxy) is 1. The van der Waals surface area contributed by atoms with E-state index in [4.69, 9.17) is 19.7 Å². The first kappa shape index (κ1) is 30.1. The van der Waals surface area contributed by atoms with Crippen molar-refractivity contribution in [1.29, 1.82) is 0 Å². The third-order valence-electron chi connectivity index (χ3n) is 11.5. The van der Waals surface area contributed by atoms with Crippen molar-refractivity contribution in [1.82, 2.24) is 19.5 Å². The molecule has 10 aromatic rings. The lowest BCUT2D eigenvalue weighted by Gasteiger charge is -2.39. The van der Waals surface area contributed by atoms with Gasteiger partial charge in [0.05, 0.1) is 16.4 Å². The van der Waals surface area contributed by atoms with E-state index in [2.05, 4.69) is 126 Å². The lowest BCUT2D eigenvalue weighted by molar-refractivity contribution is 0.437. The molecular formula is C50H30N4O. The molecular weight excluding hydrogens is 673 g/mol. The average molecular weight is 703 g/mol. The Morgan fingerprint density at radius 2 is 1.00 bits per heavy atom. The van der Waals surface area contributed by atoms with Crippen molar-refractivity contribution in [3.05, 3.63) is 204 Å². The van der Waals surface area contributed by atoms with Gasteiger partial charge in [-0.05, 0) is 39.8 Å². The minimum absolute atomic E-state index is 0.548. The van der Waals surface area contributed by atoms with Crippen LogP contribution in [0.25, 0.3) is 72.4 Å². The lowest BCUT2D eigenvalue weighted by Crippen LogP contribution is -2.32. The van der Waals surface area contributed by atoms with Gasteiger partial charge in [0, 0.05) is 44.5 Å². The summed E-state index contributed by atoms with van der Waals surface area (Å²) in [4.78, 5) is 15.5. The molecule has 8 aromatic carbocycles. The average Bonchev–Trinajstić information content (AvgIpc) is 3.74. The van der Waals surface area contributed by atoms with Crippen LogP contribution in [0.2, 0.25) is 0 Å². The van der Waals surface area contributed by atoms with E-state index in [9.17, 15) is 0 Å². The molecule has 0 saturated heterocycles. The fourth-order valence-corrected chi connectivity index (χ4v) is 9.23. The molecule has 55 heavy (non-hydrogen) atoms. The Morgan fingerprint density at radius 1 is 0.418 bits per heavy atom. The number of hydrogen-bond donors (Lipinski definition) is 0. The zero-order valence-corrected chi connectivity index (χ0v) is 29.5. The van der Waals surface area contributed by atoms with E-state index in [0.717, 1.165) is 66.3 Å². The molecule has 0 bridgehead atoms. The van der Waals surface area contributed by atoms with Gasteiger partial charge in [0.2, 0.25) is 5.95 Å². The second-order valence-electron chi connectivity index (χ2n) is 14.3. The summed E-state index contributed by atoms with van der Waals surface area (Å²) in [5, 5.41) is 4.48. The van der Waals surface area contributed by atoms with Crippen LogP contribution >= 0.6 is 0 Å². The van der Waals surface area contributed by atoms with Gasteiger partial charge in [-0.25, -0.2) is 4.98 Å². The maximum Gasteiger partial charge on any atom is 0.238 e. The Hall–Kier alpha value is -7.37. The molecule has 0 atom stereocenters. The quantitative estimate of drug-likeness (QED) is 0.184. The summed E-state index contributed by atoms with van der Waals surface area (Å²) in [6.45, 7) is 0. The second kappa shape index (κ2) is 11.3. The van der Waals surface area contributed by atoms with Crippen molar-refractivity contribution < 1.29 is 4.74 Å². The van der Waals surface area contributed by atoms with Crippen molar-refractivity contribution in [3.63, 3.8) is 0 Å². The standard InChI is InChI=1S/C50H30N4O/c1-3-16-32(17-4-1)47-51-48(33-18-5-2-6-19-33)53-49(52-47)54-43-30-45-42(29-38(43)37-28-27-31-15-7-8-20-34(31)46(37)54)50(41-25-13-14-26-44(41)55-45)39-23-11-9-21-35(39)36-22-10-12-24-40(36)50/h1-30H. The molecule has 3 heterocycles. The number of aromatic nitrogens is 4. The molecule has 0 radical (unpaired) electrons. The highest BCUT2D eigenvalue weighted by molar-refractivity contribution is 6.19. The molecule has 5 nitrogen and oxygen atoms in total. The van der Waals surface area contributed by atoms with E-state index in [1.165, 1.54) is 22.3 Å². The largest absolute Gasteiger partial charge is 0.457 e. The van der Waals surface area contributed by atoms with Gasteiger partial charge >= 0.3 is 0 Å². The molecule has 5 heteroatoms. The van der Waals surface area contributed by atoms with Crippen LogP contribution in [0, 0.1) is 0 Å². The Balaban J connectivity index is 1.23. The van der Waals surface area contributed by atoms with E-state index in [1.807, 2.05) is 60.7 Å². The molecule has 2 aromatic heterocycles. The van der Waals surface area contributed by atoms with Crippen LogP contribution in [0.4, 0.5) is 0 Å². The molecule has 0 amide bonds. The van der Waals surface area contributed by atoms with Crippen LogP contribution in [0.15, 0.2) is 182 Å². The molecule has 256 valence electrons. The molecule has 2 aliphatic rings. The Kier molecular flexibility index (Phi) is 6.20. The van der Waals surface area contributed by atoms with E-state index < -0.39 is 5.41 Å². The number of rotatable bonds is 3. The van der Waals surface area contributed by atoms with Crippen LogP contribution in [-0.4, -0.2) is 19.5 Å². The molecule has 1 spiro atoms. The first-order chi connectivity index (χ1) is 27.3. The maximum atomic E-state index is 7.00. The monoisotopic (exact) mass is 702 g/mol. The summed E-state index contributed by atoms with van der Waals surface area (Å²) in [7, 11) is 0. The van der Waals surface area contributed by atoms with E-state index in [0.29, 0.717) is 17.6 Å². The van der Waals surface area contributed by atoms with Crippen molar-refractivity contribution in [3.8, 4) is 51.3 Å². The fourth-order valence-electron chi connectivity index (χ4n) is 9.23. The van der Waals surface area contributed by atoms with Crippen LogP contribution in [0.1, 0.15) is 22.3 Å². The zero-order valence-electron chi connectivity index (χ0n) is 29.5. The van der Waals surface area contributed by atoms with Crippen molar-refractivity contribution in [2.75, 3.05) is 0 Å². The molecule has 0 fully saturated rings. The van der Waals surface area contributed by atoms with Gasteiger partial charge in [-0.1, -0.05) is 164 Å². The summed E-state index contributed by atoms with van der Waals surface area (Å²) < 4.78 is 9.22. The molecule has 0 unspecified atom stereocenters. The van der Waals surface area contributed by atoms with Crippen LogP contribution in [0.5, 0.6) is 11.5 Å². The fraction of sp³-hybridized carbons (Fsp3) is 0.0200. The predicted octanol–water partition coefficient (Wildman–Crippen LogP) is 11.9. The third-order valence-corrected chi connectivity index (χ3v) is 11.5. The Labute approximate surface area is 316 Å². The minimum atomic E-state index is -0.578. The van der Waals surface area contributed by atoms with Gasteiger partial charge in [-0.2, -0.15) is 9.97 Å². The third kappa shape index (κ3) is 4.15. The van der Waals surface area contributed by atoms with E-state index >= 15 is 0 Å². The maximum absolute atomic E-state index is 7.00. The van der Waals surface area contributed by atoms with Crippen molar-refractivity contribution in [2.45, 2.75) is 5.41 Å². The normalized spacial score (nSPS) is 13.4. The number of fused-ring (bicyclic) bond motifs is 14. The summed E-state index contributed by atoms with van der Waals surface area (Å²) in [6.07, 6.45) is 0. The zero-order chi connectivity index (χ0) is 36.1. The first-order valence-corrected chi connectivity index (χ1v) is 18.6. The Bertz CT molecular complexity index is 3080. The number of hydrogen-bond acceptors (Lipinski definition) is 4. The van der Waals surface area contributed by atoms with Gasteiger partial charge in [0.1, 0.15) is 11.5 Å². The topological polar surface area (TPSA) is 52.8 Å². The molecule has 12 rings (SSSR count). The van der Waals surface area contributed by atoms with E-state index in [-0.39, 0.29) is 0 Å². The summed E-state index contributed by atoms with van der Waals surface area (Å²) in [5.74, 6) is 3.44. The summed E-state index contributed by atoms with van der Waals surface area (Å²) in [6, 6.07) is 64.2. The SMILES string of the molecule is c1ccc(-c2nc(-c3ccccc3)nc(-n3c4cc5c(cc4c4ccc6ccccc6c43)C3(c4ccccc4O5)c4ccccc4-c4ccccc43)n2)cc1. The van der Waals surface area contributed by atoms with E-state index in [1.54, 1.807) is 0 Å². The predicted molar refractivity (Wildman–Crippen MR) is 220 cm³/mol. The van der Waals surface area contributed by atoms with Crippen molar-refractivity contribution >= 4 is 32.6 Å². The van der Waals surface area contributed by atoms with Gasteiger partial charge in [-0.3, -0.25) is 4.57 Å². The number of para-hydroxylation sites is 1. The molecule has 0 N–H and O–H groups in total. The molecule has 1 aliphatic heterocycles. The summed E-state index contributed by atoms with van der Waals surface area (Å²) >= 11 is 0. The van der Waals surface area contributed by atoms with Crippen LogP contribution in [0.3, 0.4) is 0 Å². The van der Waals surface area contributed by atoms with Gasteiger partial charge < -0.3 is 4.74 Å². The lowest BCUT2D eigenvalue weighted by atomic mass is 9.66. The second-order valence-corrected chi connectivity index (χ2v) is 14.3. The van der Waals surface area contributed by atoms with Crippen LogP contribution in [-0.2, 0) is 5.41 Å². The molecule has 0 saturated carbocycles. The van der Waals surface area contributed by atoms with Crippen LogP contribution < -0.4 is 4.74 Å². The van der Waals surface area contributed by atoms with Gasteiger partial charge in [0.15, 0.2) is 11.6 Å². The highest BCUT2D eigenvalue weighted by Gasteiger charge is 2.51. The smallest absolute Gasteiger partial charge is 0.238 e. The number of benzene rings is 8. The Morgan fingerprint density at radius 3 is 1.69 bits per heavy atom. The van der Waals surface area contributed by atoms with Gasteiger partial charge in [0.25, 0.3) is 0 Å². The minimum Gasteiger partial charge on any atom is -0.457 e. The number of nitrogens with zero attached hydrogens (tertiary/aromatic N) is 4. The first-order valence-electron chi connectivity index (χ1n) is 18.6. The highest BCUT2D eigenvalue weighted by atomic mass is 16.5. The summed E-state index contributed by atoms with van der Waals surface area (Å²) in [5.41, 5.74) is 10.6. The van der Waals surface area contributed by atoms with Gasteiger partial charge in [-0.15, -0.1) is 0 Å². The highest BCUT2D eigenvalue weighted by Crippen LogP contribution is 2.62. The molecule has 1 aliphatic carbocycles.